The van der Waals surface area contributed by atoms with Gasteiger partial charge in [-0.05, 0) is 50.6 Å². The van der Waals surface area contributed by atoms with Crippen LogP contribution in [-0.2, 0) is 15.3 Å². The molecule has 102 valence electrons. The van der Waals surface area contributed by atoms with Gasteiger partial charge in [0.05, 0.1) is 0 Å². The minimum absolute atomic E-state index is 0.541. The highest BCUT2D eigenvalue weighted by molar-refractivity contribution is 6.66. The van der Waals surface area contributed by atoms with Crippen molar-refractivity contribution in [2.45, 2.75) is 32.9 Å². The average Bonchev–Trinajstić information content (AvgIpc) is 2.26. The third-order valence-corrected chi connectivity index (χ3v) is 5.65. The van der Waals surface area contributed by atoms with Crippen molar-refractivity contribution in [3.63, 3.8) is 0 Å². The molecule has 2 nitrogen and oxygen atoms in total. The molecule has 0 fully saturated rings. The lowest BCUT2D eigenvalue weighted by molar-refractivity contribution is 0.189. The van der Waals surface area contributed by atoms with Crippen LogP contribution in [-0.4, -0.2) is 21.8 Å². The van der Waals surface area contributed by atoms with Gasteiger partial charge in [0, 0.05) is 19.3 Å². The molecule has 0 spiro atoms. The summed E-state index contributed by atoms with van der Waals surface area (Å²) < 4.78 is 37.5. The first-order valence-corrected chi connectivity index (χ1v) is 8.74. The van der Waals surface area contributed by atoms with E-state index < -0.39 is 20.2 Å². The fourth-order valence-electron chi connectivity index (χ4n) is 1.92. The lowest BCUT2D eigenvalue weighted by Crippen LogP contribution is -2.39. The van der Waals surface area contributed by atoms with Crippen LogP contribution < -0.4 is 0 Å². The molecule has 0 saturated carbocycles. The molecule has 0 aliphatic rings. The SMILES string of the molecule is CCO[Si](C)(CCc1cc(F)cc(F)c1)OCC. The third-order valence-electron chi connectivity index (χ3n) is 2.69. The third kappa shape index (κ3) is 4.84. The van der Waals surface area contributed by atoms with E-state index in [0.29, 0.717) is 31.2 Å². The Morgan fingerprint density at radius 2 is 1.50 bits per heavy atom. The fourth-order valence-corrected chi connectivity index (χ4v) is 4.26. The topological polar surface area (TPSA) is 18.5 Å². The summed E-state index contributed by atoms with van der Waals surface area (Å²) in [6, 6.07) is 4.29. The highest BCUT2D eigenvalue weighted by Gasteiger charge is 2.30. The van der Waals surface area contributed by atoms with Crippen LogP contribution in [0.25, 0.3) is 0 Å². The summed E-state index contributed by atoms with van der Waals surface area (Å²) in [5.41, 5.74) is 0.644. The second kappa shape index (κ2) is 6.97. The van der Waals surface area contributed by atoms with Crippen molar-refractivity contribution in [2.24, 2.45) is 0 Å². The molecular formula is C13H20F2O2Si. The quantitative estimate of drug-likeness (QED) is 0.707. The van der Waals surface area contributed by atoms with E-state index in [1.54, 1.807) is 0 Å². The first-order chi connectivity index (χ1) is 8.49. The van der Waals surface area contributed by atoms with Crippen LogP contribution in [0.2, 0.25) is 12.6 Å². The van der Waals surface area contributed by atoms with E-state index >= 15 is 0 Å². The van der Waals surface area contributed by atoms with Gasteiger partial charge in [0.15, 0.2) is 0 Å². The number of benzene rings is 1. The van der Waals surface area contributed by atoms with Crippen molar-refractivity contribution in [1.82, 2.24) is 0 Å². The van der Waals surface area contributed by atoms with Crippen LogP contribution in [0.15, 0.2) is 18.2 Å². The average molecular weight is 274 g/mol. The number of rotatable bonds is 7. The first kappa shape index (κ1) is 15.3. The molecule has 0 N–H and O–H groups in total. The minimum atomic E-state index is -2.21. The van der Waals surface area contributed by atoms with E-state index in [2.05, 4.69) is 0 Å². The summed E-state index contributed by atoms with van der Waals surface area (Å²) in [7, 11) is -2.21. The van der Waals surface area contributed by atoms with Gasteiger partial charge in [-0.25, -0.2) is 8.78 Å². The van der Waals surface area contributed by atoms with Gasteiger partial charge in [-0.2, -0.15) is 0 Å². The van der Waals surface area contributed by atoms with Crippen molar-refractivity contribution < 1.29 is 17.6 Å². The second-order valence-electron chi connectivity index (χ2n) is 4.28. The number of aryl methyl sites for hydroxylation is 1. The van der Waals surface area contributed by atoms with Crippen LogP contribution in [0, 0.1) is 11.6 Å². The Balaban J connectivity index is 2.66. The molecule has 1 aromatic carbocycles. The molecule has 5 heteroatoms. The van der Waals surface area contributed by atoms with Gasteiger partial charge in [-0.15, -0.1) is 0 Å². The summed E-state index contributed by atoms with van der Waals surface area (Å²) in [5, 5.41) is 0. The molecule has 1 rings (SSSR count). The Labute approximate surface area is 108 Å². The molecule has 0 unspecified atom stereocenters. The Morgan fingerprint density at radius 1 is 1.00 bits per heavy atom. The summed E-state index contributed by atoms with van der Waals surface area (Å²) >= 11 is 0. The van der Waals surface area contributed by atoms with E-state index in [9.17, 15) is 8.78 Å². The largest absolute Gasteiger partial charge is 0.395 e. The molecule has 0 saturated heterocycles. The van der Waals surface area contributed by atoms with Gasteiger partial charge in [0.1, 0.15) is 11.6 Å². The fraction of sp³-hybridized carbons (Fsp3) is 0.538. The zero-order chi connectivity index (χ0) is 13.6. The zero-order valence-electron chi connectivity index (χ0n) is 11.1. The Morgan fingerprint density at radius 3 is 1.94 bits per heavy atom. The molecule has 0 radical (unpaired) electrons. The van der Waals surface area contributed by atoms with Crippen LogP contribution in [0.1, 0.15) is 19.4 Å². The maximum Gasteiger partial charge on any atom is 0.335 e. The summed E-state index contributed by atoms with van der Waals surface area (Å²) in [4.78, 5) is 0. The Kier molecular flexibility index (Phi) is 5.91. The molecule has 0 aliphatic carbocycles. The van der Waals surface area contributed by atoms with Gasteiger partial charge in [0.25, 0.3) is 0 Å². The van der Waals surface area contributed by atoms with Crippen molar-refractivity contribution in [3.05, 3.63) is 35.4 Å². The van der Waals surface area contributed by atoms with Crippen LogP contribution in [0.5, 0.6) is 0 Å². The maximum atomic E-state index is 13.1. The van der Waals surface area contributed by atoms with Gasteiger partial charge >= 0.3 is 8.56 Å². The van der Waals surface area contributed by atoms with E-state index in [0.717, 1.165) is 6.07 Å². The van der Waals surface area contributed by atoms with Crippen molar-refractivity contribution in [2.75, 3.05) is 13.2 Å². The van der Waals surface area contributed by atoms with E-state index in [4.69, 9.17) is 8.85 Å². The molecular weight excluding hydrogens is 254 g/mol. The predicted octanol–water partition coefficient (Wildman–Crippen LogP) is 3.65. The smallest absolute Gasteiger partial charge is 0.335 e. The lowest BCUT2D eigenvalue weighted by Gasteiger charge is -2.25. The Hall–Kier alpha value is -0.783. The van der Waals surface area contributed by atoms with Crippen molar-refractivity contribution in [1.29, 1.82) is 0 Å². The number of hydrogen-bond donors (Lipinski definition) is 0. The summed E-state index contributed by atoms with van der Waals surface area (Å²) in [6.45, 7) is 7.02. The molecule has 0 aromatic heterocycles. The van der Waals surface area contributed by atoms with Crippen LogP contribution >= 0.6 is 0 Å². The number of hydrogen-bond acceptors (Lipinski definition) is 2. The van der Waals surface area contributed by atoms with Gasteiger partial charge in [0.2, 0.25) is 0 Å². The zero-order valence-corrected chi connectivity index (χ0v) is 12.1. The standard InChI is InChI=1S/C13H20F2O2Si/c1-4-16-18(3,17-5-2)7-6-11-8-12(14)10-13(15)9-11/h8-10H,4-7H2,1-3H3. The van der Waals surface area contributed by atoms with Gasteiger partial charge in [-0.3, -0.25) is 0 Å². The van der Waals surface area contributed by atoms with E-state index in [-0.39, 0.29) is 0 Å². The van der Waals surface area contributed by atoms with Crippen LogP contribution in [0.4, 0.5) is 8.78 Å². The normalized spacial score (nSPS) is 11.8. The van der Waals surface area contributed by atoms with Gasteiger partial charge < -0.3 is 8.85 Å². The molecule has 0 heterocycles. The molecule has 1 aromatic rings. The molecule has 18 heavy (non-hydrogen) atoms. The Bertz CT molecular complexity index is 359. The second-order valence-corrected chi connectivity index (χ2v) is 7.62. The highest BCUT2D eigenvalue weighted by atomic mass is 28.4. The van der Waals surface area contributed by atoms with E-state index in [1.807, 2.05) is 20.4 Å². The minimum Gasteiger partial charge on any atom is -0.395 e. The molecule has 0 amide bonds. The predicted molar refractivity (Wildman–Crippen MR) is 69.7 cm³/mol. The highest BCUT2D eigenvalue weighted by Crippen LogP contribution is 2.18. The molecule has 0 atom stereocenters. The molecule has 0 aliphatic heterocycles. The number of halogens is 2. The summed E-state index contributed by atoms with van der Waals surface area (Å²) in [6.07, 6.45) is 0.567. The lowest BCUT2D eigenvalue weighted by atomic mass is 10.2. The first-order valence-electron chi connectivity index (χ1n) is 6.22. The van der Waals surface area contributed by atoms with Crippen molar-refractivity contribution >= 4 is 8.56 Å². The summed E-state index contributed by atoms with van der Waals surface area (Å²) in [5.74, 6) is -1.08. The van der Waals surface area contributed by atoms with Crippen LogP contribution in [0.3, 0.4) is 0 Å². The van der Waals surface area contributed by atoms with E-state index in [1.165, 1.54) is 12.1 Å². The molecule has 0 bridgehead atoms. The maximum absolute atomic E-state index is 13.1. The van der Waals surface area contributed by atoms with Gasteiger partial charge in [-0.1, -0.05) is 0 Å². The monoisotopic (exact) mass is 274 g/mol. The van der Waals surface area contributed by atoms with Crippen molar-refractivity contribution in [3.8, 4) is 0 Å².